The van der Waals surface area contributed by atoms with Gasteiger partial charge in [0.05, 0.1) is 11.7 Å². The fraction of sp³-hybridized carbons (Fsp3) is 0.444. The van der Waals surface area contributed by atoms with Crippen molar-refractivity contribution in [1.29, 1.82) is 0 Å². The lowest BCUT2D eigenvalue weighted by Gasteiger charge is -2.18. The third kappa shape index (κ3) is 5.87. The molecule has 0 saturated carbocycles. The Hall–Kier alpha value is -2.14. The first-order chi connectivity index (χ1) is 10.9. The van der Waals surface area contributed by atoms with Gasteiger partial charge in [0.15, 0.2) is 0 Å². The Morgan fingerprint density at radius 1 is 1.13 bits per heavy atom. The lowest BCUT2D eigenvalue weighted by molar-refractivity contribution is -0.121. The van der Waals surface area contributed by atoms with Gasteiger partial charge in [-0.15, -0.1) is 0 Å². The molecule has 1 amide bonds. The van der Waals surface area contributed by atoms with Crippen LogP contribution >= 0.6 is 0 Å². The maximum atomic E-state index is 11.8. The molecule has 0 aliphatic carbocycles. The van der Waals surface area contributed by atoms with Crippen molar-refractivity contribution in [3.05, 3.63) is 53.9 Å². The van der Waals surface area contributed by atoms with Crippen molar-refractivity contribution in [3.63, 3.8) is 0 Å². The second-order valence-corrected chi connectivity index (χ2v) is 6.65. The highest BCUT2D eigenvalue weighted by atomic mass is 16.1. The molecule has 1 heterocycles. The zero-order valence-corrected chi connectivity index (χ0v) is 14.2. The van der Waals surface area contributed by atoms with E-state index in [-0.39, 0.29) is 11.4 Å². The Kier molecular flexibility index (Phi) is 5.93. The largest absolute Gasteiger partial charge is 0.352 e. The summed E-state index contributed by atoms with van der Waals surface area (Å²) in [5, 5.41) is 10.6. The Morgan fingerprint density at radius 2 is 1.87 bits per heavy atom. The number of hydrogen-bond acceptors (Lipinski definition) is 3. The van der Waals surface area contributed by atoms with Crippen LogP contribution in [0.15, 0.2) is 42.7 Å². The van der Waals surface area contributed by atoms with E-state index in [1.807, 2.05) is 47.4 Å². The molecule has 0 spiro atoms. The summed E-state index contributed by atoms with van der Waals surface area (Å²) in [6.45, 7) is 8.32. The molecule has 23 heavy (non-hydrogen) atoms. The molecule has 0 fully saturated rings. The quantitative estimate of drug-likeness (QED) is 0.772. The molecule has 0 atom stereocenters. The summed E-state index contributed by atoms with van der Waals surface area (Å²) in [6.07, 6.45) is 4.39. The molecule has 124 valence electrons. The standard InChI is InChI=1S/C18H26N4O/c1-18(2,3)22-14-16(13-21-22)11-19-10-9-17(23)20-12-15-7-5-4-6-8-15/h4-8,13-14,19H,9-12H2,1-3H3,(H,20,23). The second kappa shape index (κ2) is 7.92. The van der Waals surface area contributed by atoms with E-state index >= 15 is 0 Å². The zero-order valence-electron chi connectivity index (χ0n) is 14.2. The Bertz CT molecular complexity index is 613. The molecule has 1 aromatic carbocycles. The zero-order chi connectivity index (χ0) is 16.7. The number of rotatable bonds is 7. The average Bonchev–Trinajstić information content (AvgIpc) is 3.00. The third-order valence-electron chi connectivity index (χ3n) is 3.51. The van der Waals surface area contributed by atoms with E-state index in [4.69, 9.17) is 0 Å². The van der Waals surface area contributed by atoms with Gasteiger partial charge < -0.3 is 10.6 Å². The molecule has 0 unspecified atom stereocenters. The Balaban J connectivity index is 1.63. The van der Waals surface area contributed by atoms with E-state index < -0.39 is 0 Å². The van der Waals surface area contributed by atoms with Crippen molar-refractivity contribution in [2.75, 3.05) is 6.54 Å². The van der Waals surface area contributed by atoms with Crippen LogP contribution in [0.1, 0.15) is 38.3 Å². The van der Waals surface area contributed by atoms with Crippen LogP contribution in [0, 0.1) is 0 Å². The number of carbonyl (C=O) groups excluding carboxylic acids is 1. The number of benzene rings is 1. The van der Waals surface area contributed by atoms with E-state index in [0.29, 0.717) is 19.5 Å². The van der Waals surface area contributed by atoms with Gasteiger partial charge in [0.25, 0.3) is 0 Å². The third-order valence-corrected chi connectivity index (χ3v) is 3.51. The minimum absolute atomic E-state index is 0.00439. The molecule has 1 aromatic heterocycles. The van der Waals surface area contributed by atoms with Gasteiger partial charge in [-0.2, -0.15) is 5.10 Å². The van der Waals surface area contributed by atoms with Crippen molar-refractivity contribution >= 4 is 5.91 Å². The molecule has 2 N–H and O–H groups in total. The van der Waals surface area contributed by atoms with E-state index in [9.17, 15) is 4.79 Å². The summed E-state index contributed by atoms with van der Waals surface area (Å²) in [5.41, 5.74) is 2.24. The van der Waals surface area contributed by atoms with Gasteiger partial charge in [0.1, 0.15) is 0 Å². The van der Waals surface area contributed by atoms with Crippen LogP contribution < -0.4 is 10.6 Å². The summed E-state index contributed by atoms with van der Waals surface area (Å²) in [6, 6.07) is 9.93. The Morgan fingerprint density at radius 3 is 2.52 bits per heavy atom. The number of amides is 1. The van der Waals surface area contributed by atoms with E-state index in [1.54, 1.807) is 0 Å². The lowest BCUT2D eigenvalue weighted by atomic mass is 10.1. The van der Waals surface area contributed by atoms with Crippen LogP contribution in [0.2, 0.25) is 0 Å². The Labute approximate surface area is 138 Å². The SMILES string of the molecule is CC(C)(C)n1cc(CNCCC(=O)NCc2ccccc2)cn1. The molecule has 5 heteroatoms. The van der Waals surface area contributed by atoms with Gasteiger partial charge in [-0.05, 0) is 26.3 Å². The monoisotopic (exact) mass is 314 g/mol. The maximum absolute atomic E-state index is 11.8. The van der Waals surface area contributed by atoms with Crippen LogP contribution in [0.5, 0.6) is 0 Å². The highest BCUT2D eigenvalue weighted by Crippen LogP contribution is 2.12. The first-order valence-corrected chi connectivity index (χ1v) is 8.00. The van der Waals surface area contributed by atoms with Crippen LogP contribution in [0.3, 0.4) is 0 Å². The van der Waals surface area contributed by atoms with Gasteiger partial charge >= 0.3 is 0 Å². The highest BCUT2D eigenvalue weighted by molar-refractivity contribution is 5.76. The molecule has 0 radical (unpaired) electrons. The van der Waals surface area contributed by atoms with E-state index in [2.05, 4.69) is 36.5 Å². The minimum Gasteiger partial charge on any atom is -0.352 e. The predicted octanol–water partition coefficient (Wildman–Crippen LogP) is 2.43. The van der Waals surface area contributed by atoms with Crippen LogP contribution in [-0.4, -0.2) is 22.2 Å². The normalized spacial score (nSPS) is 11.4. The number of nitrogens with zero attached hydrogens (tertiary/aromatic N) is 2. The smallest absolute Gasteiger partial charge is 0.221 e. The lowest BCUT2D eigenvalue weighted by Crippen LogP contribution is -2.27. The van der Waals surface area contributed by atoms with Gasteiger partial charge in [-0.25, -0.2) is 0 Å². The molecule has 0 aliphatic heterocycles. The summed E-state index contributed by atoms with van der Waals surface area (Å²) in [4.78, 5) is 11.8. The number of carbonyl (C=O) groups is 1. The fourth-order valence-corrected chi connectivity index (χ4v) is 2.14. The van der Waals surface area contributed by atoms with Crippen molar-refractivity contribution < 1.29 is 4.79 Å². The first kappa shape index (κ1) is 17.2. The van der Waals surface area contributed by atoms with Crippen molar-refractivity contribution in [1.82, 2.24) is 20.4 Å². The van der Waals surface area contributed by atoms with Crippen LogP contribution in [-0.2, 0) is 23.4 Å². The summed E-state index contributed by atoms with van der Waals surface area (Å²) in [5.74, 6) is 0.0618. The summed E-state index contributed by atoms with van der Waals surface area (Å²) >= 11 is 0. The molecule has 0 bridgehead atoms. The predicted molar refractivity (Wildman–Crippen MR) is 91.8 cm³/mol. The van der Waals surface area contributed by atoms with Crippen molar-refractivity contribution in [2.24, 2.45) is 0 Å². The molecular weight excluding hydrogens is 288 g/mol. The molecule has 0 aliphatic rings. The fourth-order valence-electron chi connectivity index (χ4n) is 2.14. The molecule has 5 nitrogen and oxygen atoms in total. The van der Waals surface area contributed by atoms with Gasteiger partial charge in [0, 0.05) is 37.8 Å². The molecular formula is C18H26N4O. The van der Waals surface area contributed by atoms with E-state index in [0.717, 1.165) is 17.7 Å². The topological polar surface area (TPSA) is 59.0 Å². The highest BCUT2D eigenvalue weighted by Gasteiger charge is 2.13. The molecule has 0 saturated heterocycles. The van der Waals surface area contributed by atoms with Gasteiger partial charge in [-0.1, -0.05) is 30.3 Å². The van der Waals surface area contributed by atoms with Crippen molar-refractivity contribution in [3.8, 4) is 0 Å². The maximum Gasteiger partial charge on any atom is 0.221 e. The van der Waals surface area contributed by atoms with Crippen LogP contribution in [0.25, 0.3) is 0 Å². The molecule has 2 rings (SSSR count). The average molecular weight is 314 g/mol. The number of aromatic nitrogens is 2. The minimum atomic E-state index is -0.00439. The summed E-state index contributed by atoms with van der Waals surface area (Å²) in [7, 11) is 0. The van der Waals surface area contributed by atoms with Crippen molar-refractivity contribution in [2.45, 2.75) is 45.8 Å². The van der Waals surface area contributed by atoms with Gasteiger partial charge in [-0.3, -0.25) is 9.48 Å². The molecule has 2 aromatic rings. The van der Waals surface area contributed by atoms with Crippen LogP contribution in [0.4, 0.5) is 0 Å². The number of hydrogen-bond donors (Lipinski definition) is 2. The number of nitrogens with one attached hydrogen (secondary N) is 2. The van der Waals surface area contributed by atoms with Gasteiger partial charge in [0.2, 0.25) is 5.91 Å². The second-order valence-electron chi connectivity index (χ2n) is 6.65. The summed E-state index contributed by atoms with van der Waals surface area (Å²) < 4.78 is 1.95. The van der Waals surface area contributed by atoms with E-state index in [1.165, 1.54) is 0 Å². The first-order valence-electron chi connectivity index (χ1n) is 8.00.